The second-order valence-electron chi connectivity index (χ2n) is 3.09. The first kappa shape index (κ1) is 12.0. The van der Waals surface area contributed by atoms with Crippen molar-refractivity contribution < 1.29 is 14.6 Å². The summed E-state index contributed by atoms with van der Waals surface area (Å²) in [7, 11) is 0. The van der Waals surface area contributed by atoms with Crippen molar-refractivity contribution >= 4 is 18.9 Å². The molecule has 0 saturated heterocycles. The molecule has 0 radical (unpaired) electrons. The van der Waals surface area contributed by atoms with Crippen molar-refractivity contribution in [3.8, 4) is 0 Å². The Morgan fingerprint density at radius 3 is 3.12 bits per heavy atom. The number of carboxylic acid groups (broad SMARTS) is 1. The Kier molecular flexibility index (Phi) is 4.78. The minimum atomic E-state index is -0.863. The zero-order chi connectivity index (χ0) is 11.8. The Morgan fingerprint density at radius 1 is 1.69 bits per heavy atom. The molecule has 0 fully saturated rings. The van der Waals surface area contributed by atoms with Crippen molar-refractivity contribution in [3.05, 3.63) is 24.0 Å². The number of hydrogen-bond acceptors (Lipinski definition) is 4. The SMILES string of the molecule is C=[N+](CCC(=O)O)/N=C/Cc1cccnn1. The molecule has 16 heavy (non-hydrogen) atoms. The summed E-state index contributed by atoms with van der Waals surface area (Å²) in [5.74, 6) is -0.863. The van der Waals surface area contributed by atoms with Gasteiger partial charge in [0.1, 0.15) is 6.42 Å². The fourth-order valence-corrected chi connectivity index (χ4v) is 0.975. The molecule has 0 aliphatic rings. The van der Waals surface area contributed by atoms with E-state index >= 15 is 0 Å². The molecule has 0 aliphatic carbocycles. The number of hydrogen-bond donors (Lipinski definition) is 1. The molecule has 1 aromatic heterocycles. The van der Waals surface area contributed by atoms with E-state index in [1.807, 2.05) is 6.07 Å². The first-order chi connectivity index (χ1) is 7.68. The molecule has 0 unspecified atom stereocenters. The van der Waals surface area contributed by atoms with Crippen LogP contribution in [0.1, 0.15) is 12.1 Å². The molecular weight excluding hydrogens is 208 g/mol. The van der Waals surface area contributed by atoms with Gasteiger partial charge in [-0.2, -0.15) is 10.2 Å². The third-order valence-electron chi connectivity index (χ3n) is 1.76. The molecule has 1 rings (SSSR count). The Morgan fingerprint density at radius 2 is 2.50 bits per heavy atom. The fraction of sp³-hybridized carbons (Fsp3) is 0.300. The van der Waals surface area contributed by atoms with Crippen LogP contribution in [0.2, 0.25) is 0 Å². The van der Waals surface area contributed by atoms with Gasteiger partial charge in [-0.1, -0.05) is 4.68 Å². The first-order valence-corrected chi connectivity index (χ1v) is 4.77. The van der Waals surface area contributed by atoms with E-state index in [1.54, 1.807) is 18.5 Å². The maximum Gasteiger partial charge on any atom is 0.309 e. The van der Waals surface area contributed by atoms with Gasteiger partial charge in [0, 0.05) is 12.6 Å². The van der Waals surface area contributed by atoms with Gasteiger partial charge in [0.05, 0.1) is 11.9 Å². The van der Waals surface area contributed by atoms with Gasteiger partial charge in [-0.05, 0) is 17.2 Å². The largest absolute Gasteiger partial charge is 0.481 e. The van der Waals surface area contributed by atoms with Crippen molar-refractivity contribution in [2.75, 3.05) is 6.54 Å². The summed E-state index contributed by atoms with van der Waals surface area (Å²) in [5.41, 5.74) is 0.804. The quantitative estimate of drug-likeness (QED) is 0.422. The Hall–Kier alpha value is -2.11. The number of hydrazone groups is 1. The van der Waals surface area contributed by atoms with Crippen LogP contribution >= 0.6 is 0 Å². The molecule has 1 heterocycles. The van der Waals surface area contributed by atoms with Gasteiger partial charge >= 0.3 is 5.97 Å². The van der Waals surface area contributed by atoms with Crippen molar-refractivity contribution in [3.63, 3.8) is 0 Å². The lowest BCUT2D eigenvalue weighted by atomic mass is 10.3. The highest BCUT2D eigenvalue weighted by molar-refractivity contribution is 5.66. The molecule has 0 bridgehead atoms. The zero-order valence-electron chi connectivity index (χ0n) is 8.78. The monoisotopic (exact) mass is 221 g/mol. The fourth-order valence-electron chi connectivity index (χ4n) is 0.975. The zero-order valence-corrected chi connectivity index (χ0v) is 8.78. The van der Waals surface area contributed by atoms with Crippen LogP contribution < -0.4 is 0 Å². The summed E-state index contributed by atoms with van der Waals surface area (Å²) in [6.07, 6.45) is 3.79. The summed E-state index contributed by atoms with van der Waals surface area (Å²) in [5, 5.41) is 20.0. The van der Waals surface area contributed by atoms with Crippen LogP contribution in [0.15, 0.2) is 23.4 Å². The Labute approximate surface area is 93.0 Å². The average Bonchev–Trinajstić information content (AvgIpc) is 2.28. The number of rotatable bonds is 6. The van der Waals surface area contributed by atoms with E-state index in [0.29, 0.717) is 6.42 Å². The maximum absolute atomic E-state index is 10.3. The van der Waals surface area contributed by atoms with Gasteiger partial charge in [0.2, 0.25) is 0 Å². The third kappa shape index (κ3) is 4.94. The summed E-state index contributed by atoms with van der Waals surface area (Å²) >= 11 is 0. The molecule has 1 aromatic rings. The molecule has 0 saturated carbocycles. The minimum absolute atomic E-state index is 0.0198. The molecule has 0 aromatic carbocycles. The van der Waals surface area contributed by atoms with E-state index < -0.39 is 5.97 Å². The van der Waals surface area contributed by atoms with E-state index in [2.05, 4.69) is 22.0 Å². The number of carbonyl (C=O) groups is 1. The molecule has 6 nitrogen and oxygen atoms in total. The lowest BCUT2D eigenvalue weighted by molar-refractivity contribution is -0.523. The van der Waals surface area contributed by atoms with E-state index in [9.17, 15) is 4.79 Å². The highest BCUT2D eigenvalue weighted by Crippen LogP contribution is 1.90. The lowest BCUT2D eigenvalue weighted by Crippen LogP contribution is -2.09. The molecule has 0 aliphatic heterocycles. The summed E-state index contributed by atoms with van der Waals surface area (Å²) in [6, 6.07) is 3.63. The molecule has 1 N–H and O–H groups in total. The van der Waals surface area contributed by atoms with Gasteiger partial charge in [-0.3, -0.25) is 4.79 Å². The number of aromatic nitrogens is 2. The van der Waals surface area contributed by atoms with Crippen molar-refractivity contribution in [1.82, 2.24) is 10.2 Å². The second kappa shape index (κ2) is 6.39. The normalized spacial score (nSPS) is 10.5. The van der Waals surface area contributed by atoms with E-state index in [-0.39, 0.29) is 13.0 Å². The molecule has 0 spiro atoms. The standard InChI is InChI=1S/C10H12N4O2/c1-14(8-5-10(15)16)12-7-4-9-3-2-6-11-13-9/h2-3,6-7H,1,4-5,8H2/p+1/b12-7+. The minimum Gasteiger partial charge on any atom is -0.481 e. The van der Waals surface area contributed by atoms with Crippen LogP contribution in [0.4, 0.5) is 0 Å². The second-order valence-corrected chi connectivity index (χ2v) is 3.09. The van der Waals surface area contributed by atoms with Crippen molar-refractivity contribution in [2.45, 2.75) is 12.8 Å². The highest BCUT2D eigenvalue weighted by atomic mass is 16.4. The molecule has 84 valence electrons. The highest BCUT2D eigenvalue weighted by Gasteiger charge is 2.03. The van der Waals surface area contributed by atoms with E-state index in [1.165, 1.54) is 4.68 Å². The molecular formula is C10H13N4O2+. The van der Waals surface area contributed by atoms with Crippen LogP contribution in [0.3, 0.4) is 0 Å². The third-order valence-corrected chi connectivity index (χ3v) is 1.76. The van der Waals surface area contributed by atoms with Gasteiger partial charge in [-0.15, -0.1) is 0 Å². The van der Waals surface area contributed by atoms with Crippen LogP contribution in [-0.2, 0) is 11.2 Å². The predicted octanol–water partition coefficient (Wildman–Crippen LogP) is 0.193. The maximum atomic E-state index is 10.3. The smallest absolute Gasteiger partial charge is 0.309 e. The molecule has 0 atom stereocenters. The van der Waals surface area contributed by atoms with E-state index in [4.69, 9.17) is 5.11 Å². The van der Waals surface area contributed by atoms with Gasteiger partial charge < -0.3 is 5.11 Å². The summed E-state index contributed by atoms with van der Waals surface area (Å²) in [4.78, 5) is 10.3. The van der Waals surface area contributed by atoms with Crippen molar-refractivity contribution in [1.29, 1.82) is 0 Å². The van der Waals surface area contributed by atoms with Crippen LogP contribution in [0.5, 0.6) is 0 Å². The number of carboxylic acids is 1. The molecule has 6 heteroatoms. The van der Waals surface area contributed by atoms with Gasteiger partial charge in [0.15, 0.2) is 13.3 Å². The Balaban J connectivity index is 2.32. The Bertz CT molecular complexity index is 389. The van der Waals surface area contributed by atoms with Crippen LogP contribution in [-0.4, -0.2) is 45.4 Å². The molecule has 0 amide bonds. The van der Waals surface area contributed by atoms with Crippen LogP contribution in [0.25, 0.3) is 0 Å². The van der Waals surface area contributed by atoms with E-state index in [0.717, 1.165) is 5.69 Å². The van der Waals surface area contributed by atoms with Crippen molar-refractivity contribution in [2.24, 2.45) is 5.10 Å². The average molecular weight is 221 g/mol. The van der Waals surface area contributed by atoms with Crippen LogP contribution in [0, 0.1) is 0 Å². The first-order valence-electron chi connectivity index (χ1n) is 4.77. The predicted molar refractivity (Wildman–Crippen MR) is 58.7 cm³/mol. The number of aliphatic carboxylic acids is 1. The lowest BCUT2D eigenvalue weighted by Gasteiger charge is -1.91. The van der Waals surface area contributed by atoms with Gasteiger partial charge in [0.25, 0.3) is 0 Å². The number of nitrogens with zero attached hydrogens (tertiary/aromatic N) is 4. The summed E-state index contributed by atoms with van der Waals surface area (Å²) < 4.78 is 1.34. The topological polar surface area (TPSA) is 78.5 Å². The van der Waals surface area contributed by atoms with Gasteiger partial charge in [-0.25, -0.2) is 0 Å². The summed E-state index contributed by atoms with van der Waals surface area (Å²) in [6.45, 7) is 3.86.